The van der Waals surface area contributed by atoms with Crippen molar-refractivity contribution < 1.29 is 14.4 Å². The van der Waals surface area contributed by atoms with E-state index >= 15 is 0 Å². The molecule has 0 spiro atoms. The predicted molar refractivity (Wildman–Crippen MR) is 70.9 cm³/mol. The maximum Gasteiger partial charge on any atom is 0.308 e. The van der Waals surface area contributed by atoms with Crippen molar-refractivity contribution in [3.8, 4) is 0 Å². The zero-order chi connectivity index (χ0) is 14.1. The summed E-state index contributed by atoms with van der Waals surface area (Å²) >= 11 is 0. The molecule has 0 aliphatic heterocycles. The van der Waals surface area contributed by atoms with Gasteiger partial charge in [0, 0.05) is 12.5 Å². The van der Waals surface area contributed by atoms with Crippen LogP contribution < -0.4 is 5.32 Å². The van der Waals surface area contributed by atoms with E-state index in [0.717, 1.165) is 37.9 Å². The summed E-state index contributed by atoms with van der Waals surface area (Å²) in [6.07, 6.45) is 5.03. The Morgan fingerprint density at radius 3 is 3.00 bits per heavy atom. The Morgan fingerprint density at radius 2 is 2.25 bits per heavy atom. The summed E-state index contributed by atoms with van der Waals surface area (Å²) in [5.41, 5.74) is 0. The zero-order valence-electron chi connectivity index (χ0n) is 11.7. The third-order valence-corrected chi connectivity index (χ3v) is 4.67. The lowest BCUT2D eigenvalue weighted by atomic mass is 9.84. The van der Waals surface area contributed by atoms with Gasteiger partial charge in [-0.05, 0) is 37.5 Å². The molecule has 0 amide bonds. The van der Waals surface area contributed by atoms with Gasteiger partial charge in [-0.15, -0.1) is 0 Å². The number of hydrogen-bond donors (Lipinski definition) is 2. The van der Waals surface area contributed by atoms with Gasteiger partial charge in [-0.25, -0.2) is 0 Å². The molecule has 1 aromatic heterocycles. The van der Waals surface area contributed by atoms with Gasteiger partial charge in [0.25, 0.3) is 0 Å². The van der Waals surface area contributed by atoms with E-state index in [4.69, 9.17) is 4.52 Å². The van der Waals surface area contributed by atoms with Crippen molar-refractivity contribution in [2.75, 3.05) is 0 Å². The molecular formula is C14H21N3O3. The Kier molecular flexibility index (Phi) is 3.74. The molecule has 6 nitrogen and oxygen atoms in total. The summed E-state index contributed by atoms with van der Waals surface area (Å²) in [6.45, 7) is 2.54. The molecule has 1 heterocycles. The summed E-state index contributed by atoms with van der Waals surface area (Å²) in [4.78, 5) is 15.7. The van der Waals surface area contributed by atoms with E-state index in [-0.39, 0.29) is 12.0 Å². The van der Waals surface area contributed by atoms with Crippen LogP contribution in [0.25, 0.3) is 0 Å². The Labute approximate surface area is 117 Å². The average Bonchev–Trinajstić information content (AvgIpc) is 3.11. The van der Waals surface area contributed by atoms with Crippen molar-refractivity contribution in [1.82, 2.24) is 15.5 Å². The number of aryl methyl sites for hydroxylation is 1. The highest BCUT2D eigenvalue weighted by atomic mass is 16.5. The van der Waals surface area contributed by atoms with E-state index in [2.05, 4.69) is 22.4 Å². The minimum Gasteiger partial charge on any atom is -0.481 e. The maximum atomic E-state index is 11.4. The lowest BCUT2D eigenvalue weighted by Crippen LogP contribution is -2.43. The predicted octanol–water partition coefficient (Wildman–Crippen LogP) is 1.61. The van der Waals surface area contributed by atoms with E-state index in [9.17, 15) is 9.90 Å². The highest BCUT2D eigenvalue weighted by Crippen LogP contribution is 2.48. The Hall–Kier alpha value is -1.43. The fourth-order valence-electron chi connectivity index (χ4n) is 3.83. The average molecular weight is 279 g/mol. The number of aliphatic carboxylic acids is 1. The molecule has 4 unspecified atom stereocenters. The highest BCUT2D eigenvalue weighted by molar-refractivity contribution is 5.72. The standard InChI is InChI=1S/C14H21N3O3/c1-2-3-10-16-11(20-17-10)7-15-13-9-5-4-8(6-9)12(13)14(18)19/h8-9,12-13,15H,2-7H2,1H3,(H,18,19). The molecule has 6 heteroatoms. The van der Waals surface area contributed by atoms with Crippen molar-refractivity contribution in [3.05, 3.63) is 11.7 Å². The van der Waals surface area contributed by atoms with Crippen LogP contribution in [0.5, 0.6) is 0 Å². The molecule has 0 radical (unpaired) electrons. The van der Waals surface area contributed by atoms with Gasteiger partial charge < -0.3 is 14.9 Å². The van der Waals surface area contributed by atoms with E-state index in [0.29, 0.717) is 24.3 Å². The van der Waals surface area contributed by atoms with Crippen molar-refractivity contribution in [3.63, 3.8) is 0 Å². The normalized spacial score (nSPS) is 31.9. The summed E-state index contributed by atoms with van der Waals surface area (Å²) in [5, 5.41) is 16.6. The third-order valence-electron chi connectivity index (χ3n) is 4.67. The topological polar surface area (TPSA) is 88.2 Å². The smallest absolute Gasteiger partial charge is 0.308 e. The van der Waals surface area contributed by atoms with Crippen LogP contribution in [-0.2, 0) is 17.8 Å². The van der Waals surface area contributed by atoms with Gasteiger partial charge >= 0.3 is 5.97 Å². The zero-order valence-corrected chi connectivity index (χ0v) is 11.7. The second-order valence-corrected chi connectivity index (χ2v) is 5.96. The first-order valence-electron chi connectivity index (χ1n) is 7.46. The van der Waals surface area contributed by atoms with Crippen molar-refractivity contribution >= 4 is 5.97 Å². The SMILES string of the molecule is CCCc1noc(CNC2C3CCC(C3)C2C(=O)O)n1. The van der Waals surface area contributed by atoms with Crippen LogP contribution in [0.15, 0.2) is 4.52 Å². The van der Waals surface area contributed by atoms with Crippen molar-refractivity contribution in [2.45, 2.75) is 51.6 Å². The number of hydrogen-bond acceptors (Lipinski definition) is 5. The Bertz CT molecular complexity index is 488. The van der Waals surface area contributed by atoms with Crippen LogP contribution in [0.3, 0.4) is 0 Å². The summed E-state index contributed by atoms with van der Waals surface area (Å²) in [6, 6.07) is 0.0489. The molecule has 0 aromatic carbocycles. The number of carbonyl (C=O) groups is 1. The lowest BCUT2D eigenvalue weighted by Gasteiger charge is -2.28. The first-order valence-corrected chi connectivity index (χ1v) is 7.46. The van der Waals surface area contributed by atoms with E-state index < -0.39 is 5.97 Å². The van der Waals surface area contributed by atoms with Crippen LogP contribution in [0.4, 0.5) is 0 Å². The summed E-state index contributed by atoms with van der Waals surface area (Å²) in [7, 11) is 0. The number of rotatable bonds is 6. The van der Waals surface area contributed by atoms with Gasteiger partial charge in [-0.1, -0.05) is 12.1 Å². The molecule has 20 heavy (non-hydrogen) atoms. The van der Waals surface area contributed by atoms with E-state index in [1.165, 1.54) is 0 Å². The van der Waals surface area contributed by atoms with Crippen LogP contribution in [0.2, 0.25) is 0 Å². The number of nitrogens with one attached hydrogen (secondary N) is 1. The van der Waals surface area contributed by atoms with Crippen LogP contribution in [0.1, 0.15) is 44.3 Å². The fraction of sp³-hybridized carbons (Fsp3) is 0.786. The largest absolute Gasteiger partial charge is 0.481 e. The van der Waals surface area contributed by atoms with Crippen molar-refractivity contribution in [2.24, 2.45) is 17.8 Å². The molecule has 2 bridgehead atoms. The van der Waals surface area contributed by atoms with Gasteiger partial charge in [0.05, 0.1) is 12.5 Å². The number of fused-ring (bicyclic) bond motifs is 2. The van der Waals surface area contributed by atoms with Crippen LogP contribution >= 0.6 is 0 Å². The molecule has 4 atom stereocenters. The van der Waals surface area contributed by atoms with E-state index in [1.807, 2.05) is 0 Å². The number of nitrogens with zero attached hydrogens (tertiary/aromatic N) is 2. The molecule has 3 rings (SSSR count). The second-order valence-electron chi connectivity index (χ2n) is 5.96. The Morgan fingerprint density at radius 1 is 1.45 bits per heavy atom. The van der Waals surface area contributed by atoms with E-state index in [1.54, 1.807) is 0 Å². The van der Waals surface area contributed by atoms with Crippen molar-refractivity contribution in [1.29, 1.82) is 0 Å². The number of carboxylic acids is 1. The highest BCUT2D eigenvalue weighted by Gasteiger charge is 2.50. The first-order chi connectivity index (χ1) is 9.69. The summed E-state index contributed by atoms with van der Waals surface area (Å²) in [5.74, 6) is 1.18. The van der Waals surface area contributed by atoms with Gasteiger partial charge in [0.2, 0.25) is 5.89 Å². The molecule has 2 saturated carbocycles. The summed E-state index contributed by atoms with van der Waals surface area (Å²) < 4.78 is 5.18. The lowest BCUT2D eigenvalue weighted by molar-refractivity contribution is -0.144. The second kappa shape index (κ2) is 5.52. The minimum atomic E-state index is -0.674. The Balaban J connectivity index is 1.60. The quantitative estimate of drug-likeness (QED) is 0.822. The minimum absolute atomic E-state index is 0.0489. The fourth-order valence-corrected chi connectivity index (χ4v) is 3.83. The molecule has 2 aliphatic carbocycles. The molecule has 0 saturated heterocycles. The van der Waals surface area contributed by atoms with Gasteiger partial charge in [0.1, 0.15) is 0 Å². The van der Waals surface area contributed by atoms with Crippen LogP contribution in [-0.4, -0.2) is 27.3 Å². The molecule has 110 valence electrons. The number of aromatic nitrogens is 2. The number of carboxylic acid groups (broad SMARTS) is 1. The molecular weight excluding hydrogens is 258 g/mol. The van der Waals surface area contributed by atoms with Crippen LogP contribution in [0, 0.1) is 17.8 Å². The monoisotopic (exact) mass is 279 g/mol. The van der Waals surface area contributed by atoms with Gasteiger partial charge in [-0.2, -0.15) is 4.98 Å². The van der Waals surface area contributed by atoms with Gasteiger partial charge in [0.15, 0.2) is 5.82 Å². The van der Waals surface area contributed by atoms with Gasteiger partial charge in [-0.3, -0.25) is 4.79 Å². The third kappa shape index (κ3) is 2.44. The first kappa shape index (κ1) is 13.5. The molecule has 1 aromatic rings. The molecule has 2 fully saturated rings. The molecule has 2 N–H and O–H groups in total. The molecule has 2 aliphatic rings. The maximum absolute atomic E-state index is 11.4.